The van der Waals surface area contributed by atoms with Crippen molar-refractivity contribution in [2.45, 2.75) is 12.3 Å². The lowest BCUT2D eigenvalue weighted by Crippen LogP contribution is -2.31. The number of phenolic OH excluding ortho intramolecular Hbond substituents is 1. The molecule has 0 saturated carbocycles. The maximum Gasteiger partial charge on any atom is 0.310 e. The van der Waals surface area contributed by atoms with Gasteiger partial charge in [0.2, 0.25) is 0 Å². The molecule has 0 unspecified atom stereocenters. The molecule has 148 valence electrons. The molecule has 1 fully saturated rings. The molecule has 0 radical (unpaired) electrons. The van der Waals surface area contributed by atoms with E-state index in [-0.39, 0.29) is 29.5 Å². The Morgan fingerprint density at radius 1 is 1.04 bits per heavy atom. The quantitative estimate of drug-likeness (QED) is 0.719. The summed E-state index contributed by atoms with van der Waals surface area (Å²) in [5.74, 6) is 0.996. The number of aromatic hydroxyl groups is 1. The van der Waals surface area contributed by atoms with Gasteiger partial charge >= 0.3 is 5.97 Å². The highest BCUT2D eigenvalue weighted by Gasteiger charge is 2.48. The summed E-state index contributed by atoms with van der Waals surface area (Å²) in [6.07, 6.45) is 0.735. The molecule has 0 bridgehead atoms. The molecular weight excluding hydrogens is 428 g/mol. The molecule has 0 spiro atoms. The number of hydrogen-bond donors (Lipinski definition) is 1. The van der Waals surface area contributed by atoms with Crippen LogP contribution in [0.2, 0.25) is 0 Å². The van der Waals surface area contributed by atoms with Gasteiger partial charge in [-0.1, -0.05) is 0 Å². The first-order valence-electron chi connectivity index (χ1n) is 8.96. The summed E-state index contributed by atoms with van der Waals surface area (Å²) in [6.45, 7) is 0.407. The van der Waals surface area contributed by atoms with Crippen LogP contribution in [0.4, 0.5) is 0 Å². The number of cyclic esters (lactones) is 1. The van der Waals surface area contributed by atoms with Crippen LogP contribution in [0, 0.1) is 11.8 Å². The lowest BCUT2D eigenvalue weighted by atomic mass is 9.67. The van der Waals surface area contributed by atoms with Gasteiger partial charge in [0, 0.05) is 11.8 Å². The topological polar surface area (TPSA) is 74.2 Å². The lowest BCUT2D eigenvalue weighted by molar-refractivity contribution is -0.141. The van der Waals surface area contributed by atoms with Gasteiger partial charge in [-0.25, -0.2) is 0 Å². The lowest BCUT2D eigenvalue weighted by Gasteiger charge is -2.34. The van der Waals surface area contributed by atoms with Gasteiger partial charge in [-0.05, 0) is 63.3 Å². The molecule has 6 nitrogen and oxygen atoms in total. The summed E-state index contributed by atoms with van der Waals surface area (Å²) >= 11 is 3.39. The zero-order valence-corrected chi connectivity index (χ0v) is 17.4. The second-order valence-corrected chi connectivity index (χ2v) is 7.91. The van der Waals surface area contributed by atoms with Gasteiger partial charge in [-0.3, -0.25) is 4.79 Å². The summed E-state index contributed by atoms with van der Waals surface area (Å²) in [5, 5.41) is 10.2. The summed E-state index contributed by atoms with van der Waals surface area (Å²) < 4.78 is 22.2. The zero-order valence-electron chi connectivity index (χ0n) is 15.8. The zero-order chi connectivity index (χ0) is 20.0. The summed E-state index contributed by atoms with van der Waals surface area (Å²) in [5.41, 5.74) is 2.96. The first-order chi connectivity index (χ1) is 13.5. The number of methoxy groups -OCH3 is 3. The number of esters is 1. The smallest absolute Gasteiger partial charge is 0.310 e. The molecular formula is C21H21BrO6. The Labute approximate surface area is 171 Å². The van der Waals surface area contributed by atoms with Gasteiger partial charge < -0.3 is 24.1 Å². The Morgan fingerprint density at radius 3 is 2.39 bits per heavy atom. The number of phenols is 1. The Hall–Kier alpha value is -2.41. The van der Waals surface area contributed by atoms with E-state index in [1.165, 1.54) is 7.11 Å². The minimum Gasteiger partial charge on any atom is -0.503 e. The van der Waals surface area contributed by atoms with E-state index in [1.807, 2.05) is 18.2 Å². The summed E-state index contributed by atoms with van der Waals surface area (Å²) in [4.78, 5) is 12.6. The number of rotatable bonds is 4. The van der Waals surface area contributed by atoms with Gasteiger partial charge in [0.05, 0.1) is 38.3 Å². The van der Waals surface area contributed by atoms with Crippen molar-refractivity contribution in [1.82, 2.24) is 0 Å². The number of hydrogen-bond acceptors (Lipinski definition) is 6. The number of benzene rings is 2. The molecule has 1 aliphatic heterocycles. The van der Waals surface area contributed by atoms with Crippen LogP contribution in [-0.4, -0.2) is 39.0 Å². The van der Waals surface area contributed by atoms with Crippen LogP contribution in [0.1, 0.15) is 22.6 Å². The number of halogens is 1. The molecule has 4 rings (SSSR count). The highest BCUT2D eigenvalue weighted by atomic mass is 79.9. The van der Waals surface area contributed by atoms with Crippen molar-refractivity contribution in [3.63, 3.8) is 0 Å². The third-order valence-electron chi connectivity index (χ3n) is 5.67. The number of carbonyl (C=O) groups is 1. The van der Waals surface area contributed by atoms with Gasteiger partial charge in [-0.2, -0.15) is 0 Å². The second-order valence-electron chi connectivity index (χ2n) is 7.06. The SMILES string of the molecule is COc1cc2c(cc1OC)[C@H](c1cc(Br)c(O)c(OC)c1)[C@H]1C(=O)OC[C@H]1C2. The average Bonchev–Trinajstić information content (AvgIpc) is 3.07. The van der Waals surface area contributed by atoms with Crippen molar-refractivity contribution in [1.29, 1.82) is 0 Å². The average molecular weight is 449 g/mol. The molecule has 3 atom stereocenters. The van der Waals surface area contributed by atoms with Gasteiger partial charge in [0.15, 0.2) is 23.0 Å². The van der Waals surface area contributed by atoms with Crippen LogP contribution in [0.25, 0.3) is 0 Å². The molecule has 0 aromatic heterocycles. The van der Waals surface area contributed by atoms with Crippen LogP contribution in [0.15, 0.2) is 28.7 Å². The minimum atomic E-state index is -0.299. The molecule has 1 N–H and O–H groups in total. The number of ether oxygens (including phenoxy) is 4. The summed E-state index contributed by atoms with van der Waals surface area (Å²) in [7, 11) is 4.70. The molecule has 2 aromatic carbocycles. The van der Waals surface area contributed by atoms with Crippen molar-refractivity contribution in [3.8, 4) is 23.0 Å². The van der Waals surface area contributed by atoms with Gasteiger partial charge in [0.25, 0.3) is 0 Å². The van der Waals surface area contributed by atoms with E-state index in [0.717, 1.165) is 23.1 Å². The van der Waals surface area contributed by atoms with Crippen LogP contribution < -0.4 is 14.2 Å². The second kappa shape index (κ2) is 7.20. The van der Waals surface area contributed by atoms with Gasteiger partial charge in [0.1, 0.15) is 0 Å². The first kappa shape index (κ1) is 18.9. The predicted octanol–water partition coefficient (Wildman–Crippen LogP) is 3.66. The van der Waals surface area contributed by atoms with E-state index in [1.54, 1.807) is 20.3 Å². The molecule has 1 heterocycles. The Morgan fingerprint density at radius 2 is 1.71 bits per heavy atom. The summed E-state index contributed by atoms with van der Waals surface area (Å²) in [6, 6.07) is 7.52. The molecule has 7 heteroatoms. The molecule has 28 heavy (non-hydrogen) atoms. The normalized spacial score (nSPS) is 22.9. The van der Waals surface area contributed by atoms with Crippen molar-refractivity contribution in [2.24, 2.45) is 11.8 Å². The van der Waals surface area contributed by atoms with Crippen LogP contribution in [-0.2, 0) is 16.0 Å². The van der Waals surface area contributed by atoms with Crippen molar-refractivity contribution >= 4 is 21.9 Å². The predicted molar refractivity (Wildman–Crippen MR) is 105 cm³/mol. The maximum absolute atomic E-state index is 12.6. The van der Waals surface area contributed by atoms with Crippen LogP contribution in [0.5, 0.6) is 23.0 Å². The number of carbonyl (C=O) groups excluding carboxylic acids is 1. The maximum atomic E-state index is 12.6. The largest absolute Gasteiger partial charge is 0.503 e. The van der Waals surface area contributed by atoms with Crippen molar-refractivity contribution in [2.75, 3.05) is 27.9 Å². The fraction of sp³-hybridized carbons (Fsp3) is 0.381. The fourth-order valence-corrected chi connectivity index (χ4v) is 4.83. The highest BCUT2D eigenvalue weighted by Crippen LogP contribution is 2.51. The monoisotopic (exact) mass is 448 g/mol. The molecule has 1 aliphatic carbocycles. The van der Waals surface area contributed by atoms with Crippen LogP contribution in [0.3, 0.4) is 0 Å². The van der Waals surface area contributed by atoms with Crippen molar-refractivity contribution in [3.05, 3.63) is 45.4 Å². The third kappa shape index (κ3) is 2.89. The van der Waals surface area contributed by atoms with Crippen LogP contribution >= 0.6 is 15.9 Å². The highest BCUT2D eigenvalue weighted by molar-refractivity contribution is 9.10. The van der Waals surface area contributed by atoms with E-state index in [4.69, 9.17) is 18.9 Å². The molecule has 2 aliphatic rings. The van der Waals surface area contributed by atoms with E-state index in [0.29, 0.717) is 28.3 Å². The molecule has 2 aromatic rings. The fourth-order valence-electron chi connectivity index (χ4n) is 4.37. The Balaban J connectivity index is 1.94. The third-order valence-corrected chi connectivity index (χ3v) is 6.28. The molecule has 1 saturated heterocycles. The van der Waals surface area contributed by atoms with E-state index >= 15 is 0 Å². The first-order valence-corrected chi connectivity index (χ1v) is 9.75. The standard InChI is InChI=1S/C21H21BrO6/c1-25-15-6-10-4-12-9-28-21(24)19(12)18(13(10)8-16(15)26-2)11-5-14(22)20(23)17(7-11)27-3/h5-8,12,18-19,23H,4,9H2,1-3H3/t12-,18+,19+/m1/s1. The Kier molecular flexibility index (Phi) is 4.87. The van der Waals surface area contributed by atoms with Gasteiger partial charge in [-0.15, -0.1) is 0 Å². The van der Waals surface area contributed by atoms with E-state index in [9.17, 15) is 9.90 Å². The molecule has 0 amide bonds. The number of fused-ring (bicyclic) bond motifs is 2. The van der Waals surface area contributed by atoms with Crippen molar-refractivity contribution < 1.29 is 28.8 Å². The Bertz CT molecular complexity index is 941. The minimum absolute atomic E-state index is 0.0279. The van der Waals surface area contributed by atoms with E-state index in [2.05, 4.69) is 15.9 Å². The van der Waals surface area contributed by atoms with E-state index < -0.39 is 0 Å².